The molecule has 0 bridgehead atoms. The molecule has 0 aliphatic heterocycles. The topological polar surface area (TPSA) is 0 Å². The summed E-state index contributed by atoms with van der Waals surface area (Å²) in [4.78, 5) is 0. The second-order valence-corrected chi connectivity index (χ2v) is 3.42. The van der Waals surface area contributed by atoms with Crippen LogP contribution in [0.3, 0.4) is 0 Å². The first kappa shape index (κ1) is 9.01. The summed E-state index contributed by atoms with van der Waals surface area (Å²) >= 11 is 0. The van der Waals surface area contributed by atoms with E-state index in [1.165, 1.54) is 21.9 Å². The minimum Gasteiger partial charge on any atom is -0.0984 e. The van der Waals surface area contributed by atoms with E-state index in [-0.39, 0.29) is 0 Å². The van der Waals surface area contributed by atoms with Crippen LogP contribution >= 0.6 is 0 Å². The van der Waals surface area contributed by atoms with Gasteiger partial charge in [0.1, 0.15) is 0 Å². The Hall–Kier alpha value is -1.56. The van der Waals surface area contributed by atoms with Crippen LogP contribution in [0.25, 0.3) is 16.8 Å². The van der Waals surface area contributed by atoms with Crippen LogP contribution in [0.5, 0.6) is 0 Å². The Morgan fingerprint density at radius 1 is 1.07 bits per heavy atom. The highest BCUT2D eigenvalue weighted by Gasteiger charge is 2.00. The molecule has 0 atom stereocenters. The molecule has 0 fully saturated rings. The van der Waals surface area contributed by atoms with Crippen LogP contribution in [0.1, 0.15) is 18.1 Å². The van der Waals surface area contributed by atoms with E-state index < -0.39 is 0 Å². The van der Waals surface area contributed by atoms with Crippen molar-refractivity contribution in [3.8, 4) is 0 Å². The van der Waals surface area contributed by atoms with E-state index in [9.17, 15) is 0 Å². The van der Waals surface area contributed by atoms with Gasteiger partial charge in [0.25, 0.3) is 0 Å². The smallest absolute Gasteiger partial charge is 0.0109 e. The van der Waals surface area contributed by atoms with Gasteiger partial charge in [-0.15, -0.1) is 0 Å². The van der Waals surface area contributed by atoms with Gasteiger partial charge in [0.15, 0.2) is 0 Å². The lowest BCUT2D eigenvalue weighted by molar-refractivity contribution is 1.16. The molecular formula is C14H14. The van der Waals surface area contributed by atoms with E-state index >= 15 is 0 Å². The lowest BCUT2D eigenvalue weighted by Crippen LogP contribution is -1.84. The van der Waals surface area contributed by atoms with Gasteiger partial charge in [-0.05, 0) is 28.3 Å². The zero-order valence-corrected chi connectivity index (χ0v) is 8.46. The van der Waals surface area contributed by atoms with E-state index in [1.54, 1.807) is 0 Å². The molecule has 0 aliphatic rings. The summed E-state index contributed by atoms with van der Waals surface area (Å²) < 4.78 is 0. The zero-order chi connectivity index (χ0) is 9.97. The first-order chi connectivity index (χ1) is 6.86. The molecule has 0 heteroatoms. The van der Waals surface area contributed by atoms with Crippen molar-refractivity contribution in [2.24, 2.45) is 0 Å². The molecule has 0 unspecified atom stereocenters. The normalized spacial score (nSPS) is 10.4. The van der Waals surface area contributed by atoms with Crippen molar-refractivity contribution >= 4 is 16.8 Å². The molecule has 0 saturated heterocycles. The Kier molecular flexibility index (Phi) is 2.36. The molecule has 0 saturated carbocycles. The first-order valence-electron chi connectivity index (χ1n) is 5.00. The van der Waals surface area contributed by atoms with Crippen LogP contribution in [0.15, 0.2) is 43.0 Å². The maximum atomic E-state index is 3.84. The highest BCUT2D eigenvalue weighted by Crippen LogP contribution is 2.23. The summed E-state index contributed by atoms with van der Waals surface area (Å²) in [5.41, 5.74) is 2.63. The molecule has 2 rings (SSSR count). The van der Waals surface area contributed by atoms with Gasteiger partial charge in [-0.1, -0.05) is 56.0 Å². The molecule has 0 aliphatic carbocycles. The van der Waals surface area contributed by atoms with Crippen molar-refractivity contribution in [3.05, 3.63) is 54.1 Å². The highest BCUT2D eigenvalue weighted by molar-refractivity contribution is 5.92. The van der Waals surface area contributed by atoms with E-state index in [1.807, 2.05) is 6.08 Å². The van der Waals surface area contributed by atoms with E-state index in [4.69, 9.17) is 0 Å². The molecule has 0 aromatic heterocycles. The molecule has 14 heavy (non-hydrogen) atoms. The summed E-state index contributed by atoms with van der Waals surface area (Å²) in [6.45, 7) is 6.03. The molecule has 0 N–H and O–H groups in total. The monoisotopic (exact) mass is 182 g/mol. The SMILES string of the molecule is C=Cc1cccc2c(CC)cccc12. The second-order valence-electron chi connectivity index (χ2n) is 3.42. The number of fused-ring (bicyclic) bond motifs is 1. The Labute approximate surface area is 84.9 Å². The van der Waals surface area contributed by atoms with Crippen molar-refractivity contribution in [2.75, 3.05) is 0 Å². The number of rotatable bonds is 2. The molecule has 0 amide bonds. The van der Waals surface area contributed by atoms with Crippen LogP contribution in [0.4, 0.5) is 0 Å². The van der Waals surface area contributed by atoms with Gasteiger partial charge in [-0.2, -0.15) is 0 Å². The van der Waals surface area contributed by atoms with Gasteiger partial charge in [0.2, 0.25) is 0 Å². The number of benzene rings is 2. The fraction of sp³-hybridized carbons (Fsp3) is 0.143. The van der Waals surface area contributed by atoms with Crippen molar-refractivity contribution in [1.29, 1.82) is 0 Å². The van der Waals surface area contributed by atoms with Crippen LogP contribution in [0.2, 0.25) is 0 Å². The first-order valence-corrected chi connectivity index (χ1v) is 5.00. The molecular weight excluding hydrogens is 168 g/mol. The maximum absolute atomic E-state index is 3.84. The number of hydrogen-bond donors (Lipinski definition) is 0. The van der Waals surface area contributed by atoms with Gasteiger partial charge in [-0.3, -0.25) is 0 Å². The predicted molar refractivity (Wildman–Crippen MR) is 63.4 cm³/mol. The average Bonchev–Trinajstić information content (AvgIpc) is 2.27. The largest absolute Gasteiger partial charge is 0.0984 e. The third-order valence-electron chi connectivity index (χ3n) is 2.65. The van der Waals surface area contributed by atoms with Crippen LogP contribution in [-0.4, -0.2) is 0 Å². The Bertz CT molecular complexity index is 466. The highest BCUT2D eigenvalue weighted by atomic mass is 14.0. The van der Waals surface area contributed by atoms with Crippen molar-refractivity contribution < 1.29 is 0 Å². The van der Waals surface area contributed by atoms with Crippen molar-refractivity contribution in [3.63, 3.8) is 0 Å². The summed E-state index contributed by atoms with van der Waals surface area (Å²) in [6.07, 6.45) is 3.00. The summed E-state index contributed by atoms with van der Waals surface area (Å²) in [5.74, 6) is 0. The van der Waals surface area contributed by atoms with Crippen LogP contribution < -0.4 is 0 Å². The molecule has 70 valence electrons. The Balaban J connectivity index is 2.84. The average molecular weight is 182 g/mol. The molecule has 0 nitrogen and oxygen atoms in total. The molecule has 0 spiro atoms. The van der Waals surface area contributed by atoms with Crippen LogP contribution in [0, 0.1) is 0 Å². The summed E-state index contributed by atoms with van der Waals surface area (Å²) in [5, 5.41) is 2.66. The Morgan fingerprint density at radius 3 is 2.50 bits per heavy atom. The molecule has 0 heterocycles. The van der Waals surface area contributed by atoms with Gasteiger partial charge in [-0.25, -0.2) is 0 Å². The standard InChI is InChI=1S/C14H14/c1-3-11-7-5-10-14-12(4-2)8-6-9-13(11)14/h3,5-10H,1,4H2,2H3. The fourth-order valence-electron chi connectivity index (χ4n) is 1.89. The Morgan fingerprint density at radius 2 is 1.79 bits per heavy atom. The van der Waals surface area contributed by atoms with Gasteiger partial charge in [0.05, 0.1) is 0 Å². The molecule has 0 radical (unpaired) electrons. The summed E-state index contributed by atoms with van der Waals surface area (Å²) in [6, 6.07) is 12.9. The van der Waals surface area contributed by atoms with E-state index in [0.717, 1.165) is 6.42 Å². The van der Waals surface area contributed by atoms with Crippen molar-refractivity contribution in [1.82, 2.24) is 0 Å². The lowest BCUT2D eigenvalue weighted by Gasteiger charge is -2.06. The minimum absolute atomic E-state index is 1.08. The number of hydrogen-bond acceptors (Lipinski definition) is 0. The minimum atomic E-state index is 1.08. The molecule has 2 aromatic rings. The third-order valence-corrected chi connectivity index (χ3v) is 2.65. The summed E-state index contributed by atoms with van der Waals surface area (Å²) in [7, 11) is 0. The second kappa shape index (κ2) is 3.67. The predicted octanol–water partition coefficient (Wildman–Crippen LogP) is 4.05. The molecule has 2 aromatic carbocycles. The van der Waals surface area contributed by atoms with E-state index in [2.05, 4.69) is 49.9 Å². The van der Waals surface area contributed by atoms with Crippen molar-refractivity contribution in [2.45, 2.75) is 13.3 Å². The maximum Gasteiger partial charge on any atom is -0.0109 e. The zero-order valence-electron chi connectivity index (χ0n) is 8.46. The number of aryl methyl sites for hydroxylation is 1. The quantitative estimate of drug-likeness (QED) is 0.657. The fourth-order valence-corrected chi connectivity index (χ4v) is 1.89. The van der Waals surface area contributed by atoms with Gasteiger partial charge >= 0.3 is 0 Å². The van der Waals surface area contributed by atoms with E-state index in [0.29, 0.717) is 0 Å². The lowest BCUT2D eigenvalue weighted by atomic mass is 9.99. The van der Waals surface area contributed by atoms with Gasteiger partial charge in [0, 0.05) is 0 Å². The van der Waals surface area contributed by atoms with Crippen LogP contribution in [-0.2, 0) is 6.42 Å². The van der Waals surface area contributed by atoms with Gasteiger partial charge < -0.3 is 0 Å². The third kappa shape index (κ3) is 1.33.